The molecule has 0 spiro atoms. The van der Waals surface area contributed by atoms with Gasteiger partial charge >= 0.3 is 0 Å². The number of nitrogens with one attached hydrogen (secondary N) is 3. The average molecular weight is 276 g/mol. The summed E-state index contributed by atoms with van der Waals surface area (Å²) in [6.45, 7) is 0.741. The number of methoxy groups -OCH3 is 1. The number of carbonyl (C=O) groups excluding carboxylic acids is 1. The van der Waals surface area contributed by atoms with Gasteiger partial charge in [0.25, 0.3) is 0 Å². The van der Waals surface area contributed by atoms with Crippen molar-refractivity contribution in [1.29, 1.82) is 5.41 Å². The lowest BCUT2D eigenvalue weighted by molar-refractivity contribution is -0.120. The molecule has 1 fully saturated rings. The Morgan fingerprint density at radius 1 is 1.50 bits per heavy atom. The van der Waals surface area contributed by atoms with Gasteiger partial charge in [0.05, 0.1) is 13.7 Å². The highest BCUT2D eigenvalue weighted by Crippen LogP contribution is 2.20. The molecule has 1 aliphatic rings. The Labute approximate surface area is 118 Å². The Kier molecular flexibility index (Phi) is 4.57. The fraction of sp³-hybridized carbons (Fsp3) is 0.429. The summed E-state index contributed by atoms with van der Waals surface area (Å²) < 4.78 is 5.26. The molecule has 0 heterocycles. The summed E-state index contributed by atoms with van der Waals surface area (Å²) in [5, 5.41) is 13.4. The monoisotopic (exact) mass is 276 g/mol. The van der Waals surface area contributed by atoms with Gasteiger partial charge in [-0.05, 0) is 18.9 Å². The van der Waals surface area contributed by atoms with Crippen LogP contribution in [-0.2, 0) is 11.3 Å². The van der Waals surface area contributed by atoms with Crippen LogP contribution in [0.5, 0.6) is 5.75 Å². The molecule has 0 radical (unpaired) electrons. The third kappa shape index (κ3) is 3.96. The highest BCUT2D eigenvalue weighted by Gasteiger charge is 2.21. The molecule has 0 aliphatic heterocycles. The number of nitrogen functional groups attached to an aromatic ring is 1. The standard InChI is InChI=1S/C14H20N4O2/c1-20-12-6-9(14(15)16)2-3-10(12)7-18-13(19)8-17-11-4-5-11/h2-3,6,11,17H,4-5,7-8H2,1H3,(H3,15,16)(H,18,19). The topological polar surface area (TPSA) is 100 Å². The van der Waals surface area contributed by atoms with E-state index >= 15 is 0 Å². The van der Waals surface area contributed by atoms with Crippen molar-refractivity contribution < 1.29 is 9.53 Å². The molecule has 6 nitrogen and oxygen atoms in total. The van der Waals surface area contributed by atoms with Gasteiger partial charge in [-0.1, -0.05) is 12.1 Å². The van der Waals surface area contributed by atoms with Gasteiger partial charge in [0, 0.05) is 23.7 Å². The molecule has 5 N–H and O–H groups in total. The fourth-order valence-corrected chi connectivity index (χ4v) is 1.84. The third-order valence-electron chi connectivity index (χ3n) is 3.20. The molecule has 0 aromatic heterocycles. The molecule has 1 aromatic rings. The van der Waals surface area contributed by atoms with E-state index in [1.54, 1.807) is 19.2 Å². The number of hydrogen-bond acceptors (Lipinski definition) is 4. The Bertz CT molecular complexity index is 512. The number of amides is 1. The molecular weight excluding hydrogens is 256 g/mol. The fourth-order valence-electron chi connectivity index (χ4n) is 1.84. The second-order valence-electron chi connectivity index (χ2n) is 4.87. The minimum absolute atomic E-state index is 0.00693. The molecule has 20 heavy (non-hydrogen) atoms. The van der Waals surface area contributed by atoms with Gasteiger partial charge in [0.1, 0.15) is 11.6 Å². The molecule has 1 aromatic carbocycles. The predicted molar refractivity (Wildman–Crippen MR) is 76.9 cm³/mol. The lowest BCUT2D eigenvalue weighted by Gasteiger charge is -2.11. The molecule has 0 saturated heterocycles. The number of carbonyl (C=O) groups is 1. The van der Waals surface area contributed by atoms with Crippen molar-refractivity contribution >= 4 is 11.7 Å². The van der Waals surface area contributed by atoms with E-state index in [1.807, 2.05) is 6.07 Å². The van der Waals surface area contributed by atoms with Crippen molar-refractivity contribution in [1.82, 2.24) is 10.6 Å². The number of ether oxygens (including phenoxy) is 1. The maximum Gasteiger partial charge on any atom is 0.234 e. The molecule has 2 rings (SSSR count). The number of amidine groups is 1. The van der Waals surface area contributed by atoms with Crippen LogP contribution in [0.2, 0.25) is 0 Å². The van der Waals surface area contributed by atoms with Crippen molar-refractivity contribution in [3.05, 3.63) is 29.3 Å². The molecule has 1 saturated carbocycles. The van der Waals surface area contributed by atoms with Crippen LogP contribution in [0.1, 0.15) is 24.0 Å². The second kappa shape index (κ2) is 6.38. The molecule has 108 valence electrons. The minimum Gasteiger partial charge on any atom is -0.496 e. The first-order valence-electron chi connectivity index (χ1n) is 6.61. The summed E-state index contributed by atoms with van der Waals surface area (Å²) in [5.41, 5.74) is 6.90. The Balaban J connectivity index is 1.90. The van der Waals surface area contributed by atoms with Crippen LogP contribution >= 0.6 is 0 Å². The van der Waals surface area contributed by atoms with Crippen LogP contribution < -0.4 is 21.1 Å². The smallest absolute Gasteiger partial charge is 0.234 e. The van der Waals surface area contributed by atoms with E-state index in [4.69, 9.17) is 15.9 Å². The molecule has 6 heteroatoms. The SMILES string of the molecule is COc1cc(C(=N)N)ccc1CNC(=O)CNC1CC1. The van der Waals surface area contributed by atoms with E-state index in [-0.39, 0.29) is 11.7 Å². The number of nitrogens with two attached hydrogens (primary N) is 1. The van der Waals surface area contributed by atoms with Crippen LogP contribution in [0.3, 0.4) is 0 Å². The maximum atomic E-state index is 11.7. The van der Waals surface area contributed by atoms with Gasteiger partial charge in [-0.2, -0.15) is 0 Å². The summed E-state index contributed by atoms with van der Waals surface area (Å²) in [4.78, 5) is 11.7. The predicted octanol–water partition coefficient (Wildman–Crippen LogP) is 0.347. The van der Waals surface area contributed by atoms with Crippen LogP contribution in [-0.4, -0.2) is 31.4 Å². The third-order valence-corrected chi connectivity index (χ3v) is 3.20. The molecule has 0 bridgehead atoms. The van der Waals surface area contributed by atoms with E-state index in [0.717, 1.165) is 18.4 Å². The summed E-state index contributed by atoms with van der Waals surface area (Å²) in [6, 6.07) is 5.77. The Morgan fingerprint density at radius 2 is 2.25 bits per heavy atom. The van der Waals surface area contributed by atoms with Crippen LogP contribution in [0.15, 0.2) is 18.2 Å². The van der Waals surface area contributed by atoms with E-state index in [2.05, 4.69) is 10.6 Å². The van der Waals surface area contributed by atoms with Crippen molar-refractivity contribution in [3.8, 4) is 5.75 Å². The van der Waals surface area contributed by atoms with Gasteiger partial charge in [-0.25, -0.2) is 0 Å². The molecule has 0 unspecified atom stereocenters. The zero-order valence-electron chi connectivity index (χ0n) is 11.5. The quantitative estimate of drug-likeness (QED) is 0.426. The highest BCUT2D eigenvalue weighted by atomic mass is 16.5. The molecule has 1 amide bonds. The average Bonchev–Trinajstić information content (AvgIpc) is 3.26. The summed E-state index contributed by atoms with van der Waals surface area (Å²) >= 11 is 0. The number of hydrogen-bond donors (Lipinski definition) is 4. The lowest BCUT2D eigenvalue weighted by atomic mass is 10.1. The van der Waals surface area contributed by atoms with Crippen LogP contribution in [0.25, 0.3) is 0 Å². The summed E-state index contributed by atoms with van der Waals surface area (Å²) in [6.07, 6.45) is 2.32. The van der Waals surface area contributed by atoms with Gasteiger partial charge < -0.3 is 21.1 Å². The van der Waals surface area contributed by atoms with E-state index in [1.165, 1.54) is 0 Å². The largest absolute Gasteiger partial charge is 0.496 e. The highest BCUT2D eigenvalue weighted by molar-refractivity contribution is 5.95. The van der Waals surface area contributed by atoms with Gasteiger partial charge in [-0.15, -0.1) is 0 Å². The van der Waals surface area contributed by atoms with Crippen LogP contribution in [0, 0.1) is 5.41 Å². The van der Waals surface area contributed by atoms with E-state index in [0.29, 0.717) is 30.4 Å². The molecule has 1 aliphatic carbocycles. The van der Waals surface area contributed by atoms with Crippen molar-refractivity contribution in [2.45, 2.75) is 25.4 Å². The zero-order valence-corrected chi connectivity index (χ0v) is 11.5. The van der Waals surface area contributed by atoms with Crippen molar-refractivity contribution in [2.75, 3.05) is 13.7 Å². The van der Waals surface area contributed by atoms with Crippen LogP contribution in [0.4, 0.5) is 0 Å². The van der Waals surface area contributed by atoms with E-state index < -0.39 is 0 Å². The first-order valence-corrected chi connectivity index (χ1v) is 6.61. The maximum absolute atomic E-state index is 11.7. The second-order valence-corrected chi connectivity index (χ2v) is 4.87. The Morgan fingerprint density at radius 3 is 2.85 bits per heavy atom. The number of benzene rings is 1. The first kappa shape index (κ1) is 14.3. The minimum atomic E-state index is -0.0328. The van der Waals surface area contributed by atoms with Gasteiger partial charge in [0.2, 0.25) is 5.91 Å². The molecular formula is C14H20N4O2. The first-order chi connectivity index (χ1) is 9.60. The molecule has 0 atom stereocenters. The van der Waals surface area contributed by atoms with E-state index in [9.17, 15) is 4.79 Å². The lowest BCUT2D eigenvalue weighted by Crippen LogP contribution is -2.34. The summed E-state index contributed by atoms with van der Waals surface area (Å²) in [7, 11) is 1.55. The van der Waals surface area contributed by atoms with Gasteiger partial charge in [0.15, 0.2) is 0 Å². The van der Waals surface area contributed by atoms with Crippen molar-refractivity contribution in [2.24, 2.45) is 5.73 Å². The normalized spacial score (nSPS) is 13.8. The van der Waals surface area contributed by atoms with Crippen molar-refractivity contribution in [3.63, 3.8) is 0 Å². The Hall–Kier alpha value is -2.08. The number of rotatable bonds is 7. The summed E-state index contributed by atoms with van der Waals surface area (Å²) in [5.74, 6) is 0.579. The van der Waals surface area contributed by atoms with Gasteiger partial charge in [-0.3, -0.25) is 10.2 Å². The zero-order chi connectivity index (χ0) is 14.5.